The Kier molecular flexibility index (Phi) is 3.42. The van der Waals surface area contributed by atoms with Gasteiger partial charge < -0.3 is 10.1 Å². The summed E-state index contributed by atoms with van der Waals surface area (Å²) in [5.41, 5.74) is 0. The standard InChI is InChI=1S/C14H26N2O/c1-10(2)14-12-4-3-5-13(12)15-8-11-9-17-7-6-16(11)14/h10-15H,3-9H2,1-2H3/t11?,12-,13?,14+/m1/s1. The summed E-state index contributed by atoms with van der Waals surface area (Å²) < 4.78 is 5.66. The van der Waals surface area contributed by atoms with Crippen LogP contribution in [0.1, 0.15) is 33.1 Å². The average Bonchev–Trinajstić information content (AvgIpc) is 2.70. The molecule has 1 saturated carbocycles. The van der Waals surface area contributed by atoms with Gasteiger partial charge in [-0.2, -0.15) is 0 Å². The summed E-state index contributed by atoms with van der Waals surface area (Å²) in [7, 11) is 0. The van der Waals surface area contributed by atoms with Gasteiger partial charge >= 0.3 is 0 Å². The van der Waals surface area contributed by atoms with Gasteiger partial charge in [0.1, 0.15) is 0 Å². The van der Waals surface area contributed by atoms with Crippen LogP contribution in [0.2, 0.25) is 0 Å². The SMILES string of the molecule is CC(C)[C@H]1[C@@H]2CCCC2NCC2COCCN21. The molecule has 1 aliphatic carbocycles. The Morgan fingerprint density at radius 1 is 1.29 bits per heavy atom. The predicted octanol–water partition coefficient (Wildman–Crippen LogP) is 1.48. The van der Waals surface area contributed by atoms with E-state index in [0.29, 0.717) is 6.04 Å². The van der Waals surface area contributed by atoms with Gasteiger partial charge in [-0.05, 0) is 24.7 Å². The van der Waals surface area contributed by atoms with Crippen LogP contribution in [0.5, 0.6) is 0 Å². The molecule has 0 spiro atoms. The van der Waals surface area contributed by atoms with Crippen LogP contribution in [0.15, 0.2) is 0 Å². The number of nitrogens with one attached hydrogen (secondary N) is 1. The van der Waals surface area contributed by atoms with Crippen molar-refractivity contribution < 1.29 is 4.74 Å². The molecule has 0 radical (unpaired) electrons. The van der Waals surface area contributed by atoms with Crippen LogP contribution in [-0.2, 0) is 4.74 Å². The number of nitrogens with zero attached hydrogens (tertiary/aromatic N) is 1. The summed E-state index contributed by atoms with van der Waals surface area (Å²) >= 11 is 0. The smallest absolute Gasteiger partial charge is 0.0635 e. The molecule has 3 aliphatic rings. The van der Waals surface area contributed by atoms with Crippen molar-refractivity contribution >= 4 is 0 Å². The van der Waals surface area contributed by atoms with Crippen LogP contribution < -0.4 is 5.32 Å². The summed E-state index contributed by atoms with van der Waals surface area (Å²) in [5, 5.41) is 3.81. The zero-order valence-electron chi connectivity index (χ0n) is 11.2. The van der Waals surface area contributed by atoms with E-state index in [1.807, 2.05) is 0 Å². The van der Waals surface area contributed by atoms with Gasteiger partial charge in [0.05, 0.1) is 13.2 Å². The van der Waals surface area contributed by atoms with Gasteiger partial charge in [0.2, 0.25) is 0 Å². The van der Waals surface area contributed by atoms with Crippen LogP contribution in [0.25, 0.3) is 0 Å². The minimum absolute atomic E-state index is 0.613. The Morgan fingerprint density at radius 3 is 3.00 bits per heavy atom. The van der Waals surface area contributed by atoms with Crippen molar-refractivity contribution in [3.8, 4) is 0 Å². The number of fused-ring (bicyclic) bond motifs is 2. The number of ether oxygens (including phenoxy) is 1. The van der Waals surface area contributed by atoms with E-state index < -0.39 is 0 Å². The Morgan fingerprint density at radius 2 is 2.18 bits per heavy atom. The van der Waals surface area contributed by atoms with E-state index in [1.165, 1.54) is 19.3 Å². The van der Waals surface area contributed by atoms with E-state index in [-0.39, 0.29) is 0 Å². The van der Waals surface area contributed by atoms with Crippen molar-refractivity contribution in [2.75, 3.05) is 26.3 Å². The highest BCUT2D eigenvalue weighted by atomic mass is 16.5. The molecule has 3 fully saturated rings. The van der Waals surface area contributed by atoms with Crippen molar-refractivity contribution in [2.24, 2.45) is 11.8 Å². The first-order chi connectivity index (χ1) is 8.27. The van der Waals surface area contributed by atoms with Gasteiger partial charge in [0, 0.05) is 31.2 Å². The molecule has 0 bridgehead atoms. The highest BCUT2D eigenvalue weighted by Gasteiger charge is 2.43. The second-order valence-electron chi connectivity index (χ2n) is 6.31. The third-order valence-electron chi connectivity index (χ3n) is 4.96. The fourth-order valence-electron chi connectivity index (χ4n) is 4.30. The first kappa shape index (κ1) is 11.9. The molecule has 3 heteroatoms. The highest BCUT2D eigenvalue weighted by molar-refractivity contribution is 4.99. The molecular weight excluding hydrogens is 212 g/mol. The maximum Gasteiger partial charge on any atom is 0.0635 e. The van der Waals surface area contributed by atoms with E-state index in [1.54, 1.807) is 0 Å². The molecule has 98 valence electrons. The largest absolute Gasteiger partial charge is 0.378 e. The summed E-state index contributed by atoms with van der Waals surface area (Å²) in [6, 6.07) is 2.15. The van der Waals surface area contributed by atoms with Gasteiger partial charge in [-0.3, -0.25) is 4.90 Å². The van der Waals surface area contributed by atoms with E-state index in [0.717, 1.165) is 50.2 Å². The van der Waals surface area contributed by atoms with Gasteiger partial charge in [-0.1, -0.05) is 20.3 Å². The number of hydrogen-bond donors (Lipinski definition) is 1. The van der Waals surface area contributed by atoms with Crippen LogP contribution in [0.4, 0.5) is 0 Å². The Bertz CT molecular complexity index is 269. The molecule has 2 unspecified atom stereocenters. The Hall–Kier alpha value is -0.120. The van der Waals surface area contributed by atoms with Crippen molar-refractivity contribution in [2.45, 2.75) is 51.2 Å². The van der Waals surface area contributed by atoms with Crippen LogP contribution in [0, 0.1) is 11.8 Å². The minimum Gasteiger partial charge on any atom is -0.378 e. The maximum absolute atomic E-state index is 5.66. The monoisotopic (exact) mass is 238 g/mol. The maximum atomic E-state index is 5.66. The number of hydrogen-bond acceptors (Lipinski definition) is 3. The molecule has 17 heavy (non-hydrogen) atoms. The van der Waals surface area contributed by atoms with Crippen LogP contribution in [0.3, 0.4) is 0 Å². The molecule has 0 aromatic carbocycles. The molecule has 0 aromatic rings. The Labute approximate surface area is 105 Å². The zero-order chi connectivity index (χ0) is 11.8. The highest BCUT2D eigenvalue weighted by Crippen LogP contribution is 2.37. The minimum atomic E-state index is 0.613. The van der Waals surface area contributed by atoms with Gasteiger partial charge in [0.15, 0.2) is 0 Å². The molecule has 0 aromatic heterocycles. The number of rotatable bonds is 1. The molecule has 2 heterocycles. The van der Waals surface area contributed by atoms with Crippen molar-refractivity contribution in [3.05, 3.63) is 0 Å². The normalized spacial score (nSPS) is 43.2. The zero-order valence-corrected chi connectivity index (χ0v) is 11.2. The molecule has 2 saturated heterocycles. The fourth-order valence-corrected chi connectivity index (χ4v) is 4.30. The molecule has 0 amide bonds. The van der Waals surface area contributed by atoms with Crippen LogP contribution >= 0.6 is 0 Å². The molecule has 3 rings (SSSR count). The van der Waals surface area contributed by atoms with Crippen molar-refractivity contribution in [1.29, 1.82) is 0 Å². The molecule has 4 atom stereocenters. The van der Waals surface area contributed by atoms with E-state index in [9.17, 15) is 0 Å². The molecule has 1 N–H and O–H groups in total. The topological polar surface area (TPSA) is 24.5 Å². The lowest BCUT2D eigenvalue weighted by molar-refractivity contribution is -0.0421. The molecular formula is C14H26N2O. The van der Waals surface area contributed by atoms with E-state index in [4.69, 9.17) is 4.74 Å². The van der Waals surface area contributed by atoms with Gasteiger partial charge in [-0.15, -0.1) is 0 Å². The molecule has 3 nitrogen and oxygen atoms in total. The van der Waals surface area contributed by atoms with E-state index in [2.05, 4.69) is 24.1 Å². The fraction of sp³-hybridized carbons (Fsp3) is 1.00. The van der Waals surface area contributed by atoms with Gasteiger partial charge in [0.25, 0.3) is 0 Å². The molecule has 2 aliphatic heterocycles. The van der Waals surface area contributed by atoms with Crippen molar-refractivity contribution in [1.82, 2.24) is 10.2 Å². The van der Waals surface area contributed by atoms with Crippen LogP contribution in [-0.4, -0.2) is 49.3 Å². The van der Waals surface area contributed by atoms with Gasteiger partial charge in [-0.25, -0.2) is 0 Å². The Balaban J connectivity index is 1.85. The summed E-state index contributed by atoms with van der Waals surface area (Å²) in [4.78, 5) is 2.76. The lowest BCUT2D eigenvalue weighted by Gasteiger charge is -2.43. The summed E-state index contributed by atoms with van der Waals surface area (Å²) in [6.45, 7) is 8.92. The predicted molar refractivity (Wildman–Crippen MR) is 69.1 cm³/mol. The first-order valence-corrected chi connectivity index (χ1v) is 7.34. The second kappa shape index (κ2) is 4.87. The third kappa shape index (κ3) is 2.13. The third-order valence-corrected chi connectivity index (χ3v) is 4.96. The average molecular weight is 238 g/mol. The number of morpholine rings is 1. The quantitative estimate of drug-likeness (QED) is 0.749. The van der Waals surface area contributed by atoms with Crippen molar-refractivity contribution in [3.63, 3.8) is 0 Å². The summed E-state index contributed by atoms with van der Waals surface area (Å²) in [5.74, 6) is 1.64. The summed E-state index contributed by atoms with van der Waals surface area (Å²) in [6.07, 6.45) is 4.22. The lowest BCUT2D eigenvalue weighted by atomic mass is 9.85. The lowest BCUT2D eigenvalue weighted by Crippen LogP contribution is -2.55. The second-order valence-corrected chi connectivity index (χ2v) is 6.31. The van der Waals surface area contributed by atoms with E-state index >= 15 is 0 Å². The first-order valence-electron chi connectivity index (χ1n) is 7.34.